The Bertz CT molecular complexity index is 4260. The normalized spacial score (nSPS) is 12.6. The molecule has 0 aliphatic heterocycles. The Labute approximate surface area is 437 Å². The molecular weight excluding hydrogens is 905 g/mol. The molecule has 2 aliphatic carbocycles. The fourth-order valence-electron chi connectivity index (χ4n) is 12.7. The molecule has 2 nitrogen and oxygen atoms in total. The summed E-state index contributed by atoms with van der Waals surface area (Å²) in [5.74, 6) is 0. The lowest BCUT2D eigenvalue weighted by Crippen LogP contribution is -2.26. The molecule has 0 radical (unpaired) electrons. The second-order valence-electron chi connectivity index (χ2n) is 20.0. The van der Waals surface area contributed by atoms with Gasteiger partial charge in [0.1, 0.15) is 0 Å². The molecule has 1 heterocycles. The van der Waals surface area contributed by atoms with Crippen molar-refractivity contribution in [3.05, 3.63) is 313 Å². The third-order valence-corrected chi connectivity index (χ3v) is 16.1. The Balaban J connectivity index is 0.820. The first-order valence-corrected chi connectivity index (χ1v) is 26.0. The SMILES string of the molecule is c1ccc(-c2ccc(N(c3ccc(-c4ccc(-c5ccccc5-n5c6ccccc6c6ccc(-c7ccccc7)cc65)cc4)cc3)c3ccc4c(c3)C3(c5ccccc5-c5ccccc53)c3ccccc3-4)cc2)cc1. The number of aromatic nitrogens is 1. The van der Waals surface area contributed by atoms with Gasteiger partial charge in [-0.25, -0.2) is 0 Å². The van der Waals surface area contributed by atoms with E-state index in [1.54, 1.807) is 0 Å². The highest BCUT2D eigenvalue weighted by molar-refractivity contribution is 6.11. The standard InChI is InChI=1S/C73H48N2/c1-3-17-49(18-4-1)52-35-40-56(41-36-52)74(58-44-46-63-62-24-9-14-28-68(62)73(69(63)48-58)66-26-12-7-22-60(66)61-23-8-13-27-67(61)73)57-42-37-53(38-43-57)51-31-33-54(34-32-51)59-21-10-15-29-70(59)75-71-30-16-11-25-64(71)65-45-39-55(47-72(65)75)50-19-5-2-6-20-50/h1-48H. The van der Waals surface area contributed by atoms with Crippen LogP contribution < -0.4 is 4.90 Å². The average molecular weight is 953 g/mol. The lowest BCUT2D eigenvalue weighted by Gasteiger charge is -2.32. The van der Waals surface area contributed by atoms with Crippen LogP contribution in [0.5, 0.6) is 0 Å². The molecule has 75 heavy (non-hydrogen) atoms. The fourth-order valence-corrected chi connectivity index (χ4v) is 12.7. The highest BCUT2D eigenvalue weighted by atomic mass is 15.1. The van der Waals surface area contributed by atoms with E-state index in [2.05, 4.69) is 301 Å². The van der Waals surface area contributed by atoms with Crippen molar-refractivity contribution < 1.29 is 0 Å². The topological polar surface area (TPSA) is 8.17 Å². The van der Waals surface area contributed by atoms with E-state index in [4.69, 9.17) is 0 Å². The van der Waals surface area contributed by atoms with Crippen molar-refractivity contribution in [1.82, 2.24) is 4.57 Å². The van der Waals surface area contributed by atoms with Crippen molar-refractivity contribution in [2.75, 3.05) is 4.90 Å². The summed E-state index contributed by atoms with van der Waals surface area (Å²) in [5.41, 5.74) is 26.5. The van der Waals surface area contributed by atoms with Crippen LogP contribution in [0.3, 0.4) is 0 Å². The monoisotopic (exact) mass is 952 g/mol. The summed E-state index contributed by atoms with van der Waals surface area (Å²) in [6.07, 6.45) is 0. The Morgan fingerprint density at radius 3 is 1.23 bits per heavy atom. The molecule has 0 N–H and O–H groups in total. The summed E-state index contributed by atoms with van der Waals surface area (Å²) in [4.78, 5) is 2.43. The quantitative estimate of drug-likeness (QED) is 0.147. The van der Waals surface area contributed by atoms with E-state index in [0.29, 0.717) is 0 Å². The van der Waals surface area contributed by atoms with Gasteiger partial charge in [-0.15, -0.1) is 0 Å². The first-order valence-electron chi connectivity index (χ1n) is 26.0. The van der Waals surface area contributed by atoms with E-state index < -0.39 is 5.41 Å². The molecule has 12 aromatic carbocycles. The van der Waals surface area contributed by atoms with Crippen molar-refractivity contribution in [3.8, 4) is 72.4 Å². The highest BCUT2D eigenvalue weighted by Crippen LogP contribution is 2.63. The van der Waals surface area contributed by atoms with Gasteiger partial charge < -0.3 is 9.47 Å². The summed E-state index contributed by atoms with van der Waals surface area (Å²) in [5, 5.41) is 2.50. The van der Waals surface area contributed by atoms with Crippen LogP contribution in [0.4, 0.5) is 17.1 Å². The Morgan fingerprint density at radius 1 is 0.240 bits per heavy atom. The molecule has 1 spiro atoms. The van der Waals surface area contributed by atoms with Crippen LogP contribution in [0.25, 0.3) is 94.3 Å². The van der Waals surface area contributed by atoms with E-state index in [0.717, 1.165) is 28.3 Å². The second kappa shape index (κ2) is 17.2. The van der Waals surface area contributed by atoms with Crippen LogP contribution in [-0.4, -0.2) is 4.57 Å². The van der Waals surface area contributed by atoms with E-state index in [-0.39, 0.29) is 0 Å². The van der Waals surface area contributed by atoms with Crippen molar-refractivity contribution >= 4 is 38.9 Å². The Morgan fingerprint density at radius 2 is 0.640 bits per heavy atom. The van der Waals surface area contributed by atoms with Crippen molar-refractivity contribution in [2.45, 2.75) is 5.41 Å². The molecule has 0 saturated carbocycles. The third kappa shape index (κ3) is 6.66. The van der Waals surface area contributed by atoms with Gasteiger partial charge in [-0.3, -0.25) is 0 Å². The van der Waals surface area contributed by atoms with E-state index in [1.807, 2.05) is 0 Å². The number of hydrogen-bond acceptors (Lipinski definition) is 1. The smallest absolute Gasteiger partial charge is 0.0726 e. The zero-order chi connectivity index (χ0) is 49.5. The molecule has 350 valence electrons. The van der Waals surface area contributed by atoms with Crippen molar-refractivity contribution in [1.29, 1.82) is 0 Å². The van der Waals surface area contributed by atoms with Crippen LogP contribution >= 0.6 is 0 Å². The maximum atomic E-state index is 2.48. The number of benzene rings is 12. The number of hydrogen-bond donors (Lipinski definition) is 0. The van der Waals surface area contributed by atoms with Crippen molar-refractivity contribution in [3.63, 3.8) is 0 Å². The number of rotatable bonds is 8. The average Bonchev–Trinajstić information content (AvgIpc) is 4.26. The van der Waals surface area contributed by atoms with Gasteiger partial charge in [0.05, 0.1) is 22.1 Å². The van der Waals surface area contributed by atoms with Gasteiger partial charge in [-0.05, 0) is 138 Å². The zero-order valence-corrected chi connectivity index (χ0v) is 41.1. The summed E-state index contributed by atoms with van der Waals surface area (Å²) in [6, 6.07) is 107. The lowest BCUT2D eigenvalue weighted by molar-refractivity contribution is 0.793. The largest absolute Gasteiger partial charge is 0.310 e. The predicted octanol–water partition coefficient (Wildman–Crippen LogP) is 19.3. The maximum absolute atomic E-state index is 2.48. The maximum Gasteiger partial charge on any atom is 0.0726 e. The van der Waals surface area contributed by atoms with Crippen LogP contribution in [0, 0.1) is 0 Å². The summed E-state index contributed by atoms with van der Waals surface area (Å²) in [6.45, 7) is 0. The number of anilines is 3. The third-order valence-electron chi connectivity index (χ3n) is 16.1. The van der Waals surface area contributed by atoms with E-state index in [9.17, 15) is 0 Å². The first-order chi connectivity index (χ1) is 37.2. The minimum Gasteiger partial charge on any atom is -0.310 e. The molecule has 0 fully saturated rings. The molecule has 0 amide bonds. The molecule has 2 heteroatoms. The summed E-state index contributed by atoms with van der Waals surface area (Å²) >= 11 is 0. The van der Waals surface area contributed by atoms with Gasteiger partial charge in [-0.1, -0.05) is 237 Å². The van der Waals surface area contributed by atoms with Crippen LogP contribution in [0.15, 0.2) is 291 Å². The van der Waals surface area contributed by atoms with Gasteiger partial charge in [0, 0.05) is 33.4 Å². The summed E-state index contributed by atoms with van der Waals surface area (Å²) < 4.78 is 2.45. The number of nitrogens with zero attached hydrogens (tertiary/aromatic N) is 2. The molecule has 15 rings (SSSR count). The summed E-state index contributed by atoms with van der Waals surface area (Å²) in [7, 11) is 0. The van der Waals surface area contributed by atoms with Crippen LogP contribution in [-0.2, 0) is 5.41 Å². The molecule has 2 aliphatic rings. The number of fused-ring (bicyclic) bond motifs is 13. The first kappa shape index (κ1) is 42.9. The van der Waals surface area contributed by atoms with Gasteiger partial charge >= 0.3 is 0 Å². The molecule has 0 saturated heterocycles. The van der Waals surface area contributed by atoms with E-state index in [1.165, 1.54) is 105 Å². The molecule has 0 unspecified atom stereocenters. The Hall–Kier alpha value is -9.76. The minimum absolute atomic E-state index is 0.441. The number of para-hydroxylation sites is 2. The molecule has 0 atom stereocenters. The lowest BCUT2D eigenvalue weighted by atomic mass is 9.70. The van der Waals surface area contributed by atoms with Gasteiger partial charge in [-0.2, -0.15) is 0 Å². The molecule has 0 bridgehead atoms. The van der Waals surface area contributed by atoms with Gasteiger partial charge in [0.25, 0.3) is 0 Å². The van der Waals surface area contributed by atoms with E-state index >= 15 is 0 Å². The predicted molar refractivity (Wildman–Crippen MR) is 314 cm³/mol. The Kier molecular flexibility index (Phi) is 9.83. The van der Waals surface area contributed by atoms with Crippen molar-refractivity contribution in [2.24, 2.45) is 0 Å². The van der Waals surface area contributed by atoms with Crippen LogP contribution in [0.2, 0.25) is 0 Å². The van der Waals surface area contributed by atoms with Gasteiger partial charge in [0.15, 0.2) is 0 Å². The minimum atomic E-state index is -0.441. The molecular formula is C73H48N2. The second-order valence-corrected chi connectivity index (χ2v) is 20.0. The molecule has 1 aromatic heterocycles. The zero-order valence-electron chi connectivity index (χ0n) is 41.1. The molecule has 13 aromatic rings. The highest BCUT2D eigenvalue weighted by Gasteiger charge is 2.51. The van der Waals surface area contributed by atoms with Gasteiger partial charge in [0.2, 0.25) is 0 Å². The van der Waals surface area contributed by atoms with Crippen LogP contribution in [0.1, 0.15) is 22.3 Å². The fraction of sp³-hybridized carbons (Fsp3) is 0.0137.